The Labute approximate surface area is 120 Å². The van der Waals surface area contributed by atoms with Crippen LogP contribution in [0.3, 0.4) is 0 Å². The summed E-state index contributed by atoms with van der Waals surface area (Å²) in [6.45, 7) is -0.433. The third-order valence-electron chi connectivity index (χ3n) is 2.86. The van der Waals surface area contributed by atoms with Crippen LogP contribution in [0.5, 0.6) is 0 Å². The molecule has 0 heterocycles. The number of hydrogen-bond acceptors (Lipinski definition) is 3. The molecular weight excluding hydrogens is 287 g/mol. The molecule has 0 N–H and O–H groups in total. The van der Waals surface area contributed by atoms with Crippen LogP contribution in [-0.4, -0.2) is 43.2 Å². The number of nitrogens with zero attached hydrogens (tertiary/aromatic N) is 1. The molecule has 0 aromatic heterocycles. The zero-order valence-electron chi connectivity index (χ0n) is 11.5. The van der Waals surface area contributed by atoms with Gasteiger partial charge < -0.3 is 9.64 Å². The van der Waals surface area contributed by atoms with Crippen molar-refractivity contribution in [1.82, 2.24) is 4.90 Å². The van der Waals surface area contributed by atoms with Gasteiger partial charge in [-0.25, -0.2) is 0 Å². The Hall–Kier alpha value is -2.05. The van der Waals surface area contributed by atoms with Crippen LogP contribution in [-0.2, 0) is 20.7 Å². The molecule has 0 fully saturated rings. The van der Waals surface area contributed by atoms with Crippen LogP contribution in [0.2, 0.25) is 0 Å². The highest BCUT2D eigenvalue weighted by Gasteiger charge is 2.42. The fourth-order valence-corrected chi connectivity index (χ4v) is 1.73. The Morgan fingerprint density at radius 2 is 1.76 bits per heavy atom. The number of esters is 1. The fourth-order valence-electron chi connectivity index (χ4n) is 1.73. The molecule has 1 amide bonds. The van der Waals surface area contributed by atoms with Gasteiger partial charge in [-0.2, -0.15) is 13.2 Å². The van der Waals surface area contributed by atoms with E-state index in [4.69, 9.17) is 0 Å². The molecule has 1 aromatic carbocycles. The molecule has 0 saturated heterocycles. The predicted octanol–water partition coefficient (Wildman–Crippen LogP) is 2.18. The van der Waals surface area contributed by atoms with Crippen molar-refractivity contribution in [2.75, 3.05) is 20.2 Å². The standard InChI is InChI=1S/C14H16F3NO3/c1-21-12(19)8-10-18(13(20)14(15,16)17)9-7-11-5-3-2-4-6-11/h2-6H,7-10H2,1H3. The lowest BCUT2D eigenvalue weighted by Gasteiger charge is -2.23. The van der Waals surface area contributed by atoms with Gasteiger partial charge in [-0.1, -0.05) is 30.3 Å². The zero-order valence-corrected chi connectivity index (χ0v) is 11.5. The summed E-state index contributed by atoms with van der Waals surface area (Å²) in [4.78, 5) is 23.0. The zero-order chi connectivity index (χ0) is 15.9. The summed E-state index contributed by atoms with van der Waals surface area (Å²) < 4.78 is 41.9. The lowest BCUT2D eigenvalue weighted by Crippen LogP contribution is -2.43. The Balaban J connectivity index is 2.67. The van der Waals surface area contributed by atoms with Gasteiger partial charge in [0.2, 0.25) is 0 Å². The number of carbonyl (C=O) groups is 2. The quantitative estimate of drug-likeness (QED) is 0.757. The molecule has 0 unspecified atom stereocenters. The number of ether oxygens (including phenoxy) is 1. The van der Waals surface area contributed by atoms with Gasteiger partial charge in [0.25, 0.3) is 0 Å². The number of benzene rings is 1. The van der Waals surface area contributed by atoms with Crippen molar-refractivity contribution in [2.24, 2.45) is 0 Å². The summed E-state index contributed by atoms with van der Waals surface area (Å²) in [6.07, 6.45) is -4.94. The van der Waals surface area contributed by atoms with E-state index in [-0.39, 0.29) is 25.9 Å². The van der Waals surface area contributed by atoms with E-state index in [1.165, 1.54) is 0 Å². The maximum atomic E-state index is 12.5. The van der Waals surface area contributed by atoms with Crippen molar-refractivity contribution >= 4 is 11.9 Å². The first-order chi connectivity index (χ1) is 9.84. The van der Waals surface area contributed by atoms with Crippen molar-refractivity contribution < 1.29 is 27.5 Å². The van der Waals surface area contributed by atoms with Crippen molar-refractivity contribution in [2.45, 2.75) is 19.0 Å². The number of carbonyl (C=O) groups excluding carboxylic acids is 2. The summed E-state index contributed by atoms with van der Waals surface area (Å²) in [5.41, 5.74) is 0.815. The van der Waals surface area contributed by atoms with Gasteiger partial charge in [-0.3, -0.25) is 9.59 Å². The molecule has 0 aliphatic rings. The molecule has 116 valence electrons. The van der Waals surface area contributed by atoms with E-state index in [1.54, 1.807) is 30.3 Å². The number of amides is 1. The van der Waals surface area contributed by atoms with Crippen molar-refractivity contribution in [3.8, 4) is 0 Å². The van der Waals surface area contributed by atoms with Gasteiger partial charge >= 0.3 is 18.1 Å². The van der Waals surface area contributed by atoms with Gasteiger partial charge in [0.05, 0.1) is 13.5 Å². The van der Waals surface area contributed by atoms with E-state index in [1.807, 2.05) is 0 Å². The molecule has 0 atom stereocenters. The van der Waals surface area contributed by atoms with Crippen LogP contribution in [0, 0.1) is 0 Å². The Morgan fingerprint density at radius 3 is 2.29 bits per heavy atom. The summed E-state index contributed by atoms with van der Waals surface area (Å²) in [5.74, 6) is -2.60. The second-order valence-corrected chi connectivity index (χ2v) is 4.35. The monoisotopic (exact) mass is 303 g/mol. The van der Waals surface area contributed by atoms with Gasteiger partial charge in [0, 0.05) is 13.1 Å². The van der Waals surface area contributed by atoms with Crippen molar-refractivity contribution in [1.29, 1.82) is 0 Å². The summed E-state index contributed by atoms with van der Waals surface area (Å²) in [6, 6.07) is 8.84. The fraction of sp³-hybridized carbons (Fsp3) is 0.429. The first-order valence-electron chi connectivity index (χ1n) is 6.31. The first kappa shape index (κ1) is 17.0. The van der Waals surface area contributed by atoms with Crippen LogP contribution in [0.15, 0.2) is 30.3 Å². The van der Waals surface area contributed by atoms with Gasteiger partial charge in [0.15, 0.2) is 0 Å². The number of alkyl halides is 3. The molecule has 1 aromatic rings. The number of rotatable bonds is 6. The Kier molecular flexibility index (Phi) is 6.20. The molecule has 4 nitrogen and oxygen atoms in total. The smallest absolute Gasteiger partial charge is 0.469 e. The highest BCUT2D eigenvalue weighted by molar-refractivity contribution is 5.82. The van der Waals surface area contributed by atoms with Gasteiger partial charge in [0.1, 0.15) is 0 Å². The van der Waals surface area contributed by atoms with Crippen LogP contribution in [0.1, 0.15) is 12.0 Å². The van der Waals surface area contributed by atoms with Crippen LogP contribution in [0.25, 0.3) is 0 Å². The van der Waals surface area contributed by atoms with Crippen molar-refractivity contribution in [3.63, 3.8) is 0 Å². The van der Waals surface area contributed by atoms with E-state index >= 15 is 0 Å². The highest BCUT2D eigenvalue weighted by atomic mass is 19.4. The number of methoxy groups -OCH3 is 1. The maximum absolute atomic E-state index is 12.5. The molecule has 0 bridgehead atoms. The minimum absolute atomic E-state index is 0.112. The molecule has 0 radical (unpaired) electrons. The lowest BCUT2D eigenvalue weighted by atomic mass is 10.1. The van der Waals surface area contributed by atoms with Crippen LogP contribution < -0.4 is 0 Å². The molecule has 7 heteroatoms. The topological polar surface area (TPSA) is 46.6 Å². The highest BCUT2D eigenvalue weighted by Crippen LogP contribution is 2.19. The van der Waals surface area contributed by atoms with Crippen LogP contribution >= 0.6 is 0 Å². The van der Waals surface area contributed by atoms with E-state index in [9.17, 15) is 22.8 Å². The van der Waals surface area contributed by atoms with Crippen molar-refractivity contribution in [3.05, 3.63) is 35.9 Å². The van der Waals surface area contributed by atoms with E-state index < -0.39 is 18.1 Å². The third kappa shape index (κ3) is 5.85. The SMILES string of the molecule is COC(=O)CCN(CCc1ccccc1)C(=O)C(F)(F)F. The largest absolute Gasteiger partial charge is 0.471 e. The average molecular weight is 303 g/mol. The molecule has 0 aliphatic heterocycles. The van der Waals surface area contributed by atoms with Gasteiger partial charge in [-0.15, -0.1) is 0 Å². The van der Waals surface area contributed by atoms with Crippen LogP contribution in [0.4, 0.5) is 13.2 Å². The molecule has 0 spiro atoms. The van der Waals surface area contributed by atoms with E-state index in [2.05, 4.69) is 4.74 Å². The van der Waals surface area contributed by atoms with E-state index in [0.717, 1.165) is 12.7 Å². The summed E-state index contributed by atoms with van der Waals surface area (Å²) in [5, 5.41) is 0. The average Bonchev–Trinajstić information content (AvgIpc) is 2.46. The van der Waals surface area contributed by atoms with E-state index in [0.29, 0.717) is 4.90 Å². The minimum atomic E-state index is -4.95. The number of halogens is 3. The predicted molar refractivity (Wildman–Crippen MR) is 69.4 cm³/mol. The molecular formula is C14H16F3NO3. The first-order valence-corrected chi connectivity index (χ1v) is 6.31. The minimum Gasteiger partial charge on any atom is -0.469 e. The number of hydrogen-bond donors (Lipinski definition) is 0. The molecule has 21 heavy (non-hydrogen) atoms. The lowest BCUT2D eigenvalue weighted by molar-refractivity contribution is -0.185. The summed E-state index contributed by atoms with van der Waals surface area (Å²) in [7, 11) is 1.14. The third-order valence-corrected chi connectivity index (χ3v) is 2.86. The Morgan fingerprint density at radius 1 is 1.14 bits per heavy atom. The normalized spacial score (nSPS) is 11.0. The second kappa shape index (κ2) is 7.66. The Bertz CT molecular complexity index is 474. The summed E-state index contributed by atoms with van der Waals surface area (Å²) >= 11 is 0. The maximum Gasteiger partial charge on any atom is 0.471 e. The molecule has 1 rings (SSSR count). The second-order valence-electron chi connectivity index (χ2n) is 4.35. The molecule has 0 aliphatic carbocycles. The van der Waals surface area contributed by atoms with Gasteiger partial charge in [-0.05, 0) is 12.0 Å². The molecule has 0 saturated carbocycles.